The van der Waals surface area contributed by atoms with Crippen molar-refractivity contribution in [2.45, 2.75) is 6.54 Å². The zero-order valence-electron chi connectivity index (χ0n) is 7.84. The van der Waals surface area contributed by atoms with E-state index in [1.54, 1.807) is 13.1 Å². The second-order valence-electron chi connectivity index (χ2n) is 2.60. The first kappa shape index (κ1) is 13.6. The average Bonchev–Trinajstić information content (AvgIpc) is 2.18. The average molecular weight is 324 g/mol. The van der Waals surface area contributed by atoms with Crippen LogP contribution in [0, 0.1) is 0 Å². The predicted octanol–water partition coefficient (Wildman–Crippen LogP) is -2.27. The number of aromatic nitrogens is 1. The lowest BCUT2D eigenvalue weighted by atomic mass is 10.2. The van der Waals surface area contributed by atoms with Gasteiger partial charge in [0.15, 0.2) is 18.9 Å². The standard InChI is InChI=1S/C9H11BrN2O.BrH/c1-11-9(13)8-3-2-5-12(7-8)6-4-10;/h2-3,5,7H,4,6H2,1H3;1H. The van der Waals surface area contributed by atoms with Crippen molar-refractivity contribution in [1.29, 1.82) is 0 Å². The topological polar surface area (TPSA) is 33.0 Å². The summed E-state index contributed by atoms with van der Waals surface area (Å²) in [5.74, 6) is -0.0519. The molecule has 14 heavy (non-hydrogen) atoms. The number of alkyl halides is 1. The molecular formula is C9H12Br2N2O. The van der Waals surface area contributed by atoms with Gasteiger partial charge in [0, 0.05) is 13.1 Å². The Morgan fingerprint density at radius 2 is 2.36 bits per heavy atom. The number of amides is 1. The van der Waals surface area contributed by atoms with E-state index in [1.807, 2.05) is 23.0 Å². The van der Waals surface area contributed by atoms with Gasteiger partial charge in [-0.25, -0.2) is 4.57 Å². The number of halogens is 2. The van der Waals surface area contributed by atoms with Gasteiger partial charge in [0.25, 0.3) is 5.91 Å². The molecule has 1 amide bonds. The fourth-order valence-corrected chi connectivity index (χ4v) is 1.45. The van der Waals surface area contributed by atoms with Crippen LogP contribution in [0.5, 0.6) is 0 Å². The van der Waals surface area contributed by atoms with Gasteiger partial charge in [0.2, 0.25) is 0 Å². The maximum atomic E-state index is 11.2. The largest absolute Gasteiger partial charge is 1.00 e. The van der Waals surface area contributed by atoms with Crippen LogP contribution in [0.15, 0.2) is 24.5 Å². The third-order valence-electron chi connectivity index (χ3n) is 1.69. The van der Waals surface area contributed by atoms with E-state index in [0.717, 1.165) is 11.9 Å². The molecule has 1 aromatic rings. The second-order valence-corrected chi connectivity index (χ2v) is 3.39. The Kier molecular flexibility index (Phi) is 6.74. The minimum Gasteiger partial charge on any atom is -1.00 e. The first-order valence-electron chi connectivity index (χ1n) is 4.05. The van der Waals surface area contributed by atoms with Crippen LogP contribution in [-0.4, -0.2) is 18.3 Å². The fraction of sp³-hybridized carbons (Fsp3) is 0.333. The number of aryl methyl sites for hydroxylation is 1. The number of hydrogen-bond acceptors (Lipinski definition) is 1. The lowest BCUT2D eigenvalue weighted by Crippen LogP contribution is -3.00. The van der Waals surface area contributed by atoms with Crippen LogP contribution in [0.25, 0.3) is 0 Å². The quantitative estimate of drug-likeness (QED) is 0.494. The van der Waals surface area contributed by atoms with Crippen LogP contribution in [0.1, 0.15) is 10.4 Å². The zero-order chi connectivity index (χ0) is 9.68. The van der Waals surface area contributed by atoms with Crippen molar-refractivity contribution in [3.8, 4) is 0 Å². The molecule has 5 heteroatoms. The van der Waals surface area contributed by atoms with E-state index in [2.05, 4.69) is 21.2 Å². The Labute approximate surface area is 102 Å². The molecule has 0 aromatic carbocycles. The van der Waals surface area contributed by atoms with Gasteiger partial charge in [0.05, 0.1) is 5.33 Å². The Balaban J connectivity index is 0.00000169. The lowest BCUT2D eigenvalue weighted by Gasteiger charge is -1.97. The van der Waals surface area contributed by atoms with Crippen molar-refractivity contribution in [3.05, 3.63) is 30.1 Å². The van der Waals surface area contributed by atoms with Gasteiger partial charge in [-0.2, -0.15) is 0 Å². The van der Waals surface area contributed by atoms with E-state index in [9.17, 15) is 4.79 Å². The molecule has 1 heterocycles. The monoisotopic (exact) mass is 322 g/mol. The van der Waals surface area contributed by atoms with Crippen LogP contribution in [0.4, 0.5) is 0 Å². The summed E-state index contributed by atoms with van der Waals surface area (Å²) in [5, 5.41) is 3.47. The smallest absolute Gasteiger partial charge is 0.257 e. The van der Waals surface area contributed by atoms with E-state index in [4.69, 9.17) is 0 Å². The minimum absolute atomic E-state index is 0. The van der Waals surface area contributed by atoms with Gasteiger partial charge in [0.1, 0.15) is 5.56 Å². The van der Waals surface area contributed by atoms with E-state index >= 15 is 0 Å². The third-order valence-corrected chi connectivity index (χ3v) is 2.04. The summed E-state index contributed by atoms with van der Waals surface area (Å²) < 4.78 is 1.97. The summed E-state index contributed by atoms with van der Waals surface area (Å²) in [7, 11) is 1.63. The molecule has 0 unspecified atom stereocenters. The van der Waals surface area contributed by atoms with Crippen LogP contribution in [0.2, 0.25) is 0 Å². The number of carbonyl (C=O) groups is 1. The fourth-order valence-electron chi connectivity index (χ4n) is 1.04. The number of pyridine rings is 1. The van der Waals surface area contributed by atoms with E-state index in [0.29, 0.717) is 5.56 Å². The molecule has 0 aliphatic rings. The van der Waals surface area contributed by atoms with E-state index in [-0.39, 0.29) is 22.9 Å². The molecule has 3 nitrogen and oxygen atoms in total. The summed E-state index contributed by atoms with van der Waals surface area (Å²) in [5.41, 5.74) is 0.686. The first-order chi connectivity index (χ1) is 6.27. The van der Waals surface area contributed by atoms with Gasteiger partial charge in [-0.1, -0.05) is 15.9 Å². The molecule has 0 fully saturated rings. The summed E-state index contributed by atoms with van der Waals surface area (Å²) in [6.45, 7) is 0.866. The van der Waals surface area contributed by atoms with Gasteiger partial charge < -0.3 is 22.3 Å². The third kappa shape index (κ3) is 3.75. The highest BCUT2D eigenvalue weighted by atomic mass is 79.9. The van der Waals surface area contributed by atoms with Crippen molar-refractivity contribution < 1.29 is 26.3 Å². The Morgan fingerprint density at radius 3 is 2.93 bits per heavy atom. The maximum absolute atomic E-state index is 11.2. The molecule has 0 atom stereocenters. The molecule has 0 spiro atoms. The molecule has 1 aromatic heterocycles. The van der Waals surface area contributed by atoms with Crippen LogP contribution < -0.4 is 26.9 Å². The van der Waals surface area contributed by atoms with Crippen molar-refractivity contribution >= 4 is 21.8 Å². The Morgan fingerprint density at radius 1 is 1.64 bits per heavy atom. The minimum atomic E-state index is -0.0519. The Hall–Kier alpha value is -0.420. The van der Waals surface area contributed by atoms with Gasteiger partial charge in [-0.05, 0) is 6.07 Å². The van der Waals surface area contributed by atoms with Crippen molar-refractivity contribution in [2.75, 3.05) is 12.4 Å². The second kappa shape index (κ2) is 6.95. The van der Waals surface area contributed by atoms with E-state index in [1.165, 1.54) is 0 Å². The van der Waals surface area contributed by atoms with Crippen molar-refractivity contribution in [3.63, 3.8) is 0 Å². The number of nitrogens with one attached hydrogen (secondary N) is 1. The first-order valence-corrected chi connectivity index (χ1v) is 5.17. The molecule has 0 aliphatic heterocycles. The summed E-state index contributed by atoms with van der Waals surface area (Å²) in [4.78, 5) is 11.2. The maximum Gasteiger partial charge on any atom is 0.257 e. The predicted molar refractivity (Wildman–Crippen MR) is 53.8 cm³/mol. The molecule has 0 radical (unpaired) electrons. The van der Waals surface area contributed by atoms with Crippen LogP contribution in [-0.2, 0) is 6.54 Å². The normalized spacial score (nSPS) is 9.00. The molecule has 78 valence electrons. The van der Waals surface area contributed by atoms with E-state index < -0.39 is 0 Å². The highest BCUT2D eigenvalue weighted by molar-refractivity contribution is 9.09. The molecule has 0 saturated carbocycles. The number of rotatable bonds is 3. The SMILES string of the molecule is CNC(=O)c1ccc[n+](CCBr)c1.[Br-]. The molecule has 0 aliphatic carbocycles. The molecule has 0 bridgehead atoms. The number of nitrogens with zero attached hydrogens (tertiary/aromatic N) is 1. The number of hydrogen-bond donors (Lipinski definition) is 1. The van der Waals surface area contributed by atoms with Crippen molar-refractivity contribution in [2.24, 2.45) is 0 Å². The van der Waals surface area contributed by atoms with Crippen LogP contribution >= 0.6 is 15.9 Å². The summed E-state index contributed by atoms with van der Waals surface area (Å²) >= 11 is 3.34. The van der Waals surface area contributed by atoms with Gasteiger partial charge in [-0.3, -0.25) is 4.79 Å². The summed E-state index contributed by atoms with van der Waals surface area (Å²) in [6.07, 6.45) is 3.77. The summed E-state index contributed by atoms with van der Waals surface area (Å²) in [6, 6.07) is 3.66. The highest BCUT2D eigenvalue weighted by Crippen LogP contribution is 1.93. The molecular weight excluding hydrogens is 312 g/mol. The Bertz CT molecular complexity index is 305. The van der Waals surface area contributed by atoms with Gasteiger partial charge >= 0.3 is 0 Å². The number of carbonyl (C=O) groups excluding carboxylic acids is 1. The molecule has 1 N–H and O–H groups in total. The van der Waals surface area contributed by atoms with Gasteiger partial charge in [-0.15, -0.1) is 0 Å². The molecule has 0 saturated heterocycles. The molecule has 1 rings (SSSR count). The highest BCUT2D eigenvalue weighted by Gasteiger charge is 2.07. The van der Waals surface area contributed by atoms with Crippen LogP contribution in [0.3, 0.4) is 0 Å². The zero-order valence-corrected chi connectivity index (χ0v) is 11.0. The lowest BCUT2D eigenvalue weighted by molar-refractivity contribution is -0.692. The van der Waals surface area contributed by atoms with Crippen molar-refractivity contribution in [1.82, 2.24) is 5.32 Å².